The fourth-order valence-corrected chi connectivity index (χ4v) is 1.73. The summed E-state index contributed by atoms with van der Waals surface area (Å²) in [6.07, 6.45) is -2.95. The Bertz CT molecular complexity index is 471. The minimum Gasteiger partial charge on any atom is -0.383 e. The van der Waals surface area contributed by atoms with Gasteiger partial charge < -0.3 is 10.1 Å². The molecule has 5 nitrogen and oxygen atoms in total. The molecular weight excluding hydrogens is 311 g/mol. The Hall–Kier alpha value is -1.38. The Kier molecular flexibility index (Phi) is 6.86. The predicted molar refractivity (Wildman–Crippen MR) is 72.2 cm³/mol. The lowest BCUT2D eigenvalue weighted by Crippen LogP contribution is -2.41. The first-order valence-corrected chi connectivity index (χ1v) is 6.38. The molecule has 0 aliphatic heterocycles. The van der Waals surface area contributed by atoms with E-state index >= 15 is 0 Å². The molecule has 21 heavy (non-hydrogen) atoms. The van der Waals surface area contributed by atoms with Crippen LogP contribution in [0.5, 0.6) is 0 Å². The molecule has 0 unspecified atom stereocenters. The van der Waals surface area contributed by atoms with Gasteiger partial charge in [-0.1, -0.05) is 11.6 Å². The number of nitrogens with one attached hydrogen (secondary N) is 1. The lowest BCUT2D eigenvalue weighted by molar-refractivity contribution is -0.149. The summed E-state index contributed by atoms with van der Waals surface area (Å²) >= 11 is 5.76. The number of rotatable bonds is 7. The maximum absolute atomic E-state index is 12.4. The van der Waals surface area contributed by atoms with Gasteiger partial charge in [-0.15, -0.1) is 0 Å². The molecule has 0 radical (unpaired) electrons. The zero-order valence-electron chi connectivity index (χ0n) is 11.3. The second kappa shape index (κ2) is 8.16. The van der Waals surface area contributed by atoms with Crippen molar-refractivity contribution in [3.63, 3.8) is 0 Å². The van der Waals surface area contributed by atoms with Crippen LogP contribution in [0.3, 0.4) is 0 Å². The lowest BCUT2D eigenvalue weighted by atomic mass is 10.4. The highest BCUT2D eigenvalue weighted by Gasteiger charge is 2.31. The van der Waals surface area contributed by atoms with Crippen molar-refractivity contribution in [1.29, 1.82) is 0 Å². The van der Waals surface area contributed by atoms with Crippen LogP contribution < -0.4 is 5.32 Å². The van der Waals surface area contributed by atoms with E-state index in [4.69, 9.17) is 16.3 Å². The van der Waals surface area contributed by atoms with Gasteiger partial charge in [-0.3, -0.25) is 9.69 Å². The Morgan fingerprint density at radius 2 is 2.24 bits per heavy atom. The average Bonchev–Trinajstić information content (AvgIpc) is 2.37. The Balaban J connectivity index is 2.61. The van der Waals surface area contributed by atoms with Crippen LogP contribution in [-0.4, -0.2) is 55.3 Å². The van der Waals surface area contributed by atoms with Crippen LogP contribution in [0.15, 0.2) is 18.3 Å². The van der Waals surface area contributed by atoms with Crippen molar-refractivity contribution in [2.45, 2.75) is 6.18 Å². The first-order valence-electron chi connectivity index (χ1n) is 6.00. The van der Waals surface area contributed by atoms with E-state index < -0.39 is 25.2 Å². The maximum Gasteiger partial charge on any atom is 0.401 e. The normalized spacial score (nSPS) is 11.7. The molecule has 1 heterocycles. The Morgan fingerprint density at radius 1 is 1.52 bits per heavy atom. The molecule has 1 aromatic heterocycles. The van der Waals surface area contributed by atoms with Crippen LogP contribution in [0.1, 0.15) is 0 Å². The largest absolute Gasteiger partial charge is 0.401 e. The maximum atomic E-state index is 12.4. The second-order valence-electron chi connectivity index (χ2n) is 4.21. The molecule has 118 valence electrons. The molecule has 1 N–H and O–H groups in total. The number of amides is 1. The van der Waals surface area contributed by atoms with Crippen molar-refractivity contribution >= 4 is 23.2 Å². The van der Waals surface area contributed by atoms with Gasteiger partial charge in [0.25, 0.3) is 0 Å². The van der Waals surface area contributed by atoms with E-state index in [1.807, 2.05) is 0 Å². The predicted octanol–water partition coefficient (Wildman–Crippen LogP) is 2.18. The minimum absolute atomic E-state index is 0.00972. The fraction of sp³-hybridized carbons (Fsp3) is 0.500. The van der Waals surface area contributed by atoms with E-state index in [0.29, 0.717) is 0 Å². The summed E-state index contributed by atoms with van der Waals surface area (Å²) in [6.45, 7) is -1.53. The van der Waals surface area contributed by atoms with E-state index in [1.165, 1.54) is 19.4 Å². The summed E-state index contributed by atoms with van der Waals surface area (Å²) in [5.41, 5.74) is 0.253. The Morgan fingerprint density at radius 3 is 2.81 bits per heavy atom. The number of aromatic nitrogens is 1. The zero-order chi connectivity index (χ0) is 15.9. The number of hydrogen-bond acceptors (Lipinski definition) is 4. The lowest BCUT2D eigenvalue weighted by Gasteiger charge is -2.22. The number of halogens is 4. The highest BCUT2D eigenvalue weighted by molar-refractivity contribution is 6.32. The molecule has 0 saturated carbocycles. The van der Waals surface area contributed by atoms with Crippen LogP contribution >= 0.6 is 11.6 Å². The van der Waals surface area contributed by atoms with Crippen molar-refractivity contribution in [2.75, 3.05) is 38.7 Å². The van der Waals surface area contributed by atoms with Crippen LogP contribution in [0.25, 0.3) is 0 Å². The number of methoxy groups -OCH3 is 1. The molecular formula is C12H15ClF3N3O2. The number of nitrogens with zero attached hydrogens (tertiary/aromatic N) is 2. The minimum atomic E-state index is -4.39. The molecule has 1 aromatic rings. The van der Waals surface area contributed by atoms with E-state index in [0.717, 1.165) is 4.90 Å². The number of carbonyl (C=O) groups is 1. The van der Waals surface area contributed by atoms with Gasteiger partial charge in [0.15, 0.2) is 5.15 Å². The van der Waals surface area contributed by atoms with E-state index in [-0.39, 0.29) is 24.0 Å². The average molecular weight is 326 g/mol. The number of alkyl halides is 3. The molecule has 9 heteroatoms. The monoisotopic (exact) mass is 325 g/mol. The van der Waals surface area contributed by atoms with Gasteiger partial charge >= 0.3 is 6.18 Å². The highest BCUT2D eigenvalue weighted by atomic mass is 35.5. The van der Waals surface area contributed by atoms with Crippen LogP contribution in [0, 0.1) is 0 Å². The van der Waals surface area contributed by atoms with Crippen molar-refractivity contribution in [2.24, 2.45) is 0 Å². The van der Waals surface area contributed by atoms with E-state index in [2.05, 4.69) is 10.3 Å². The SMILES string of the molecule is COCCN(CC(=O)Nc1cccnc1Cl)CC(F)(F)F. The van der Waals surface area contributed by atoms with Gasteiger partial charge in [0.1, 0.15) is 0 Å². The number of anilines is 1. The second-order valence-corrected chi connectivity index (χ2v) is 4.57. The molecule has 0 aromatic carbocycles. The molecule has 1 amide bonds. The van der Waals surface area contributed by atoms with E-state index in [1.54, 1.807) is 6.07 Å². The molecule has 0 aliphatic carbocycles. The van der Waals surface area contributed by atoms with Gasteiger partial charge in [0.2, 0.25) is 5.91 Å². The smallest absolute Gasteiger partial charge is 0.383 e. The first-order chi connectivity index (χ1) is 9.81. The fourth-order valence-electron chi connectivity index (χ4n) is 1.56. The van der Waals surface area contributed by atoms with Gasteiger partial charge in [-0.25, -0.2) is 4.98 Å². The number of ether oxygens (including phenoxy) is 1. The van der Waals surface area contributed by atoms with Crippen molar-refractivity contribution in [3.8, 4) is 0 Å². The van der Waals surface area contributed by atoms with Crippen LogP contribution in [0.4, 0.5) is 18.9 Å². The molecule has 1 rings (SSSR count). The zero-order valence-corrected chi connectivity index (χ0v) is 12.0. The van der Waals surface area contributed by atoms with Crippen molar-refractivity contribution in [3.05, 3.63) is 23.5 Å². The summed E-state index contributed by atoms with van der Waals surface area (Å²) in [4.78, 5) is 16.5. The summed E-state index contributed by atoms with van der Waals surface area (Å²) in [5.74, 6) is -0.606. The van der Waals surface area contributed by atoms with Gasteiger partial charge in [-0.2, -0.15) is 13.2 Å². The van der Waals surface area contributed by atoms with Gasteiger partial charge in [-0.05, 0) is 12.1 Å². The quantitative estimate of drug-likeness (QED) is 0.781. The van der Waals surface area contributed by atoms with E-state index in [9.17, 15) is 18.0 Å². The summed E-state index contributed by atoms with van der Waals surface area (Å²) < 4.78 is 42.0. The number of hydrogen-bond donors (Lipinski definition) is 1. The van der Waals surface area contributed by atoms with Gasteiger partial charge in [0.05, 0.1) is 25.4 Å². The summed E-state index contributed by atoms with van der Waals surface area (Å²) in [5, 5.41) is 2.49. The van der Waals surface area contributed by atoms with Gasteiger partial charge in [0, 0.05) is 19.9 Å². The third kappa shape index (κ3) is 7.26. The molecule has 0 aliphatic rings. The summed E-state index contributed by atoms with van der Waals surface area (Å²) in [7, 11) is 1.38. The van der Waals surface area contributed by atoms with Crippen LogP contribution in [-0.2, 0) is 9.53 Å². The molecule has 0 spiro atoms. The van der Waals surface area contributed by atoms with Crippen LogP contribution in [0.2, 0.25) is 5.15 Å². The highest BCUT2D eigenvalue weighted by Crippen LogP contribution is 2.18. The standard InChI is InChI=1S/C12H15ClF3N3O2/c1-21-6-5-19(8-12(14,15)16)7-10(20)18-9-3-2-4-17-11(9)13/h2-4H,5-8H2,1H3,(H,18,20). The molecule has 0 fully saturated rings. The first kappa shape index (κ1) is 17.7. The third-order valence-electron chi connectivity index (χ3n) is 2.41. The molecule has 0 saturated heterocycles. The Labute approximate surface area is 125 Å². The molecule has 0 atom stereocenters. The third-order valence-corrected chi connectivity index (χ3v) is 2.72. The number of carbonyl (C=O) groups excluding carboxylic acids is 1. The summed E-state index contributed by atoms with van der Waals surface area (Å²) in [6, 6.07) is 3.07. The number of pyridine rings is 1. The van der Waals surface area contributed by atoms with Crippen molar-refractivity contribution < 1.29 is 22.7 Å². The van der Waals surface area contributed by atoms with Crippen molar-refractivity contribution in [1.82, 2.24) is 9.88 Å². The molecule has 0 bridgehead atoms. The topological polar surface area (TPSA) is 54.5 Å².